The van der Waals surface area contributed by atoms with Gasteiger partial charge in [-0.2, -0.15) is 0 Å². The first kappa shape index (κ1) is 22.3. The maximum Gasteiger partial charge on any atom is 0.405 e. The molecule has 1 aliphatic rings. The van der Waals surface area contributed by atoms with Crippen molar-refractivity contribution >= 4 is 17.7 Å². The van der Waals surface area contributed by atoms with Gasteiger partial charge in [-0.3, -0.25) is 4.79 Å². The second kappa shape index (κ2) is 10.1. The molecule has 2 amide bonds. The number of hydrogen-bond acceptors (Lipinski definition) is 6. The van der Waals surface area contributed by atoms with Crippen LogP contribution in [0.15, 0.2) is 42.5 Å². The van der Waals surface area contributed by atoms with Crippen LogP contribution in [0.1, 0.15) is 23.7 Å². The number of amides is 2. The van der Waals surface area contributed by atoms with Crippen LogP contribution in [0.5, 0.6) is 11.5 Å². The molecule has 1 aliphatic heterocycles. The summed E-state index contributed by atoms with van der Waals surface area (Å²) in [7, 11) is 3.21. The Morgan fingerprint density at radius 3 is 2.29 bits per heavy atom. The van der Waals surface area contributed by atoms with E-state index in [0.717, 1.165) is 16.8 Å². The number of anilines is 1. The molecule has 1 fully saturated rings. The molecule has 2 aromatic rings. The fraction of sp³-hybridized carbons (Fsp3) is 0.391. The maximum atomic E-state index is 12.9. The van der Waals surface area contributed by atoms with Gasteiger partial charge in [0.05, 0.1) is 20.6 Å². The van der Waals surface area contributed by atoms with E-state index in [-0.39, 0.29) is 12.3 Å². The number of carbonyl (C=O) groups excluding carboxylic acids is 2. The number of nitrogens with zero attached hydrogens (tertiary/aromatic N) is 2. The molecular formula is C23H29N3O5. The van der Waals surface area contributed by atoms with Crippen molar-refractivity contribution in [2.45, 2.75) is 19.4 Å². The zero-order valence-corrected chi connectivity index (χ0v) is 18.2. The molecule has 0 radical (unpaired) electrons. The van der Waals surface area contributed by atoms with Gasteiger partial charge in [0.2, 0.25) is 5.91 Å². The van der Waals surface area contributed by atoms with E-state index in [1.807, 2.05) is 49.4 Å². The van der Waals surface area contributed by atoms with Crippen LogP contribution in [0.4, 0.5) is 10.5 Å². The third-order valence-electron chi connectivity index (χ3n) is 5.52. The molecule has 0 spiro atoms. The zero-order chi connectivity index (χ0) is 22.4. The molecule has 0 aliphatic carbocycles. The smallest absolute Gasteiger partial charge is 0.405 e. The standard InChI is InChI=1S/C23H29N3O5/c1-16-6-4-5-7-18(16)20(31-23(24)28)15-22(27)26-12-10-25(11-13-26)17-8-9-19(29-2)21(14-17)30-3/h4-9,14,20H,10-13,15H2,1-3H3,(H2,24,28). The second-order valence-electron chi connectivity index (χ2n) is 7.39. The molecule has 1 saturated heterocycles. The van der Waals surface area contributed by atoms with Gasteiger partial charge in [0, 0.05) is 37.9 Å². The lowest BCUT2D eigenvalue weighted by Gasteiger charge is -2.36. The third kappa shape index (κ3) is 5.39. The number of rotatable bonds is 7. The van der Waals surface area contributed by atoms with Crippen molar-refractivity contribution in [2.75, 3.05) is 45.3 Å². The van der Waals surface area contributed by atoms with Gasteiger partial charge in [0.1, 0.15) is 6.10 Å². The second-order valence-corrected chi connectivity index (χ2v) is 7.39. The number of piperazine rings is 1. The molecule has 8 heteroatoms. The molecule has 1 atom stereocenters. The number of methoxy groups -OCH3 is 2. The average molecular weight is 428 g/mol. The fourth-order valence-electron chi connectivity index (χ4n) is 3.83. The molecule has 0 bridgehead atoms. The molecule has 1 unspecified atom stereocenters. The predicted molar refractivity (Wildman–Crippen MR) is 118 cm³/mol. The summed E-state index contributed by atoms with van der Waals surface area (Å²) in [6, 6.07) is 13.3. The highest BCUT2D eigenvalue weighted by Crippen LogP contribution is 2.32. The number of carbonyl (C=O) groups is 2. The first-order valence-electron chi connectivity index (χ1n) is 10.2. The molecule has 8 nitrogen and oxygen atoms in total. The van der Waals surface area contributed by atoms with E-state index in [9.17, 15) is 9.59 Å². The summed E-state index contributed by atoms with van der Waals surface area (Å²) in [5.41, 5.74) is 8.00. The zero-order valence-electron chi connectivity index (χ0n) is 18.2. The van der Waals surface area contributed by atoms with Crippen molar-refractivity contribution < 1.29 is 23.8 Å². The first-order chi connectivity index (χ1) is 14.9. The number of primary amides is 1. The Morgan fingerprint density at radius 2 is 1.68 bits per heavy atom. The largest absolute Gasteiger partial charge is 0.493 e. The minimum atomic E-state index is -0.890. The molecule has 0 saturated carbocycles. The summed E-state index contributed by atoms with van der Waals surface area (Å²) in [5.74, 6) is 1.28. The predicted octanol–water partition coefficient (Wildman–Crippen LogP) is 2.89. The van der Waals surface area contributed by atoms with E-state index >= 15 is 0 Å². The Bertz CT molecular complexity index is 925. The van der Waals surface area contributed by atoms with Crippen LogP contribution in [0, 0.1) is 6.92 Å². The highest BCUT2D eigenvalue weighted by atomic mass is 16.6. The summed E-state index contributed by atoms with van der Waals surface area (Å²) < 4.78 is 16.0. The van der Waals surface area contributed by atoms with Crippen LogP contribution in [0.2, 0.25) is 0 Å². The van der Waals surface area contributed by atoms with Crippen molar-refractivity contribution in [3.8, 4) is 11.5 Å². The van der Waals surface area contributed by atoms with Gasteiger partial charge in [-0.05, 0) is 30.2 Å². The van der Waals surface area contributed by atoms with E-state index in [4.69, 9.17) is 19.9 Å². The average Bonchev–Trinajstić information content (AvgIpc) is 2.78. The van der Waals surface area contributed by atoms with E-state index in [1.54, 1.807) is 19.1 Å². The third-order valence-corrected chi connectivity index (χ3v) is 5.52. The van der Waals surface area contributed by atoms with Crippen molar-refractivity contribution in [1.82, 2.24) is 4.90 Å². The Kier molecular flexibility index (Phi) is 7.23. The molecule has 2 aromatic carbocycles. The topological polar surface area (TPSA) is 94.3 Å². The SMILES string of the molecule is COc1ccc(N2CCN(C(=O)CC(OC(N)=O)c3ccccc3C)CC2)cc1OC. The summed E-state index contributed by atoms with van der Waals surface area (Å²) in [6.07, 6.45) is -1.53. The minimum Gasteiger partial charge on any atom is -0.493 e. The lowest BCUT2D eigenvalue weighted by molar-refractivity contribution is -0.133. The maximum absolute atomic E-state index is 12.9. The van der Waals surface area contributed by atoms with E-state index in [2.05, 4.69) is 4.90 Å². The quantitative estimate of drug-likeness (QED) is 0.730. The molecule has 2 N–H and O–H groups in total. The van der Waals surface area contributed by atoms with Crippen molar-refractivity contribution in [1.29, 1.82) is 0 Å². The van der Waals surface area contributed by atoms with Gasteiger partial charge in [-0.15, -0.1) is 0 Å². The van der Waals surface area contributed by atoms with Crippen LogP contribution < -0.4 is 20.1 Å². The Hall–Kier alpha value is -3.42. The fourth-order valence-corrected chi connectivity index (χ4v) is 3.83. The molecule has 166 valence electrons. The lowest BCUT2D eigenvalue weighted by Crippen LogP contribution is -2.49. The highest BCUT2D eigenvalue weighted by molar-refractivity contribution is 5.78. The van der Waals surface area contributed by atoms with E-state index in [1.165, 1.54) is 0 Å². The Balaban J connectivity index is 1.64. The van der Waals surface area contributed by atoms with Gasteiger partial charge in [0.15, 0.2) is 11.5 Å². The molecule has 1 heterocycles. The Morgan fingerprint density at radius 1 is 1.00 bits per heavy atom. The number of nitrogens with two attached hydrogens (primary N) is 1. The van der Waals surface area contributed by atoms with E-state index in [0.29, 0.717) is 37.7 Å². The number of benzene rings is 2. The van der Waals surface area contributed by atoms with Crippen LogP contribution in [-0.4, -0.2) is 57.3 Å². The van der Waals surface area contributed by atoms with Crippen LogP contribution in [0.3, 0.4) is 0 Å². The normalized spacial score (nSPS) is 14.7. The first-order valence-corrected chi connectivity index (χ1v) is 10.2. The number of hydrogen-bond donors (Lipinski definition) is 1. The molecule has 31 heavy (non-hydrogen) atoms. The highest BCUT2D eigenvalue weighted by Gasteiger charge is 2.27. The molecular weight excluding hydrogens is 398 g/mol. The van der Waals surface area contributed by atoms with Crippen molar-refractivity contribution in [3.63, 3.8) is 0 Å². The minimum absolute atomic E-state index is 0.0597. The summed E-state index contributed by atoms with van der Waals surface area (Å²) >= 11 is 0. The summed E-state index contributed by atoms with van der Waals surface area (Å²) in [6.45, 7) is 4.44. The van der Waals surface area contributed by atoms with Gasteiger partial charge in [-0.1, -0.05) is 24.3 Å². The van der Waals surface area contributed by atoms with Crippen LogP contribution >= 0.6 is 0 Å². The van der Waals surface area contributed by atoms with Crippen LogP contribution in [-0.2, 0) is 9.53 Å². The lowest BCUT2D eigenvalue weighted by atomic mass is 10.0. The molecule has 0 aromatic heterocycles. The number of ether oxygens (including phenoxy) is 3. The van der Waals surface area contributed by atoms with Crippen molar-refractivity contribution in [3.05, 3.63) is 53.6 Å². The van der Waals surface area contributed by atoms with Gasteiger partial charge in [0.25, 0.3) is 0 Å². The number of aryl methyl sites for hydroxylation is 1. The van der Waals surface area contributed by atoms with Gasteiger partial charge < -0.3 is 29.7 Å². The summed E-state index contributed by atoms with van der Waals surface area (Å²) in [4.78, 5) is 28.3. The van der Waals surface area contributed by atoms with Gasteiger partial charge >= 0.3 is 6.09 Å². The molecule has 3 rings (SSSR count). The van der Waals surface area contributed by atoms with E-state index < -0.39 is 12.2 Å². The van der Waals surface area contributed by atoms with Gasteiger partial charge in [-0.25, -0.2) is 4.79 Å². The van der Waals surface area contributed by atoms with Crippen molar-refractivity contribution in [2.24, 2.45) is 5.73 Å². The summed E-state index contributed by atoms with van der Waals surface area (Å²) in [5, 5.41) is 0. The Labute approximate surface area is 182 Å². The monoisotopic (exact) mass is 427 g/mol. The van der Waals surface area contributed by atoms with Crippen LogP contribution in [0.25, 0.3) is 0 Å².